The summed E-state index contributed by atoms with van der Waals surface area (Å²) >= 11 is 0. The van der Waals surface area contributed by atoms with Gasteiger partial charge in [0.25, 0.3) is 0 Å². The summed E-state index contributed by atoms with van der Waals surface area (Å²) in [5.41, 5.74) is 3.51. The van der Waals surface area contributed by atoms with E-state index in [1.165, 1.54) is 6.07 Å². The summed E-state index contributed by atoms with van der Waals surface area (Å²) in [4.78, 5) is 24.0. The summed E-state index contributed by atoms with van der Waals surface area (Å²) in [7, 11) is 0. The van der Waals surface area contributed by atoms with Crippen LogP contribution in [0.2, 0.25) is 0 Å². The molecule has 31 heavy (non-hydrogen) atoms. The Kier molecular flexibility index (Phi) is 6.21. The number of fused-ring (bicyclic) bond motifs is 1. The van der Waals surface area contributed by atoms with Crippen molar-refractivity contribution in [2.24, 2.45) is 5.92 Å². The number of ether oxygens (including phenoxy) is 1. The molecule has 0 aliphatic heterocycles. The number of carbonyl (C=O) groups is 2. The molecule has 1 aliphatic rings. The van der Waals surface area contributed by atoms with Gasteiger partial charge in [-0.1, -0.05) is 18.2 Å². The molecule has 0 saturated heterocycles. The molecule has 1 unspecified atom stereocenters. The molecule has 0 radical (unpaired) electrons. The molecule has 1 atom stereocenters. The highest BCUT2D eigenvalue weighted by atomic mass is 19.1. The zero-order valence-corrected chi connectivity index (χ0v) is 16.9. The molecule has 3 aromatic rings. The Morgan fingerprint density at radius 2 is 1.90 bits per heavy atom. The number of carbonyl (C=O) groups excluding carboxylic acids is 2. The molecule has 0 fully saturated rings. The van der Waals surface area contributed by atoms with Crippen LogP contribution in [0.1, 0.15) is 43.8 Å². The minimum absolute atomic E-state index is 0.103. The summed E-state index contributed by atoms with van der Waals surface area (Å²) < 4.78 is 32.7. The van der Waals surface area contributed by atoms with Gasteiger partial charge in [-0.25, -0.2) is 8.78 Å². The predicted molar refractivity (Wildman–Crippen MR) is 114 cm³/mol. The van der Waals surface area contributed by atoms with Crippen LogP contribution in [-0.2, 0) is 19.3 Å². The zero-order chi connectivity index (χ0) is 21.8. The van der Waals surface area contributed by atoms with Gasteiger partial charge in [-0.05, 0) is 78.4 Å². The summed E-state index contributed by atoms with van der Waals surface area (Å²) in [6.07, 6.45) is 3.16. The Morgan fingerprint density at radius 3 is 2.74 bits per heavy atom. The fraction of sp³-hybridized carbons (Fsp3) is 0.231. The van der Waals surface area contributed by atoms with Crippen LogP contribution in [0.25, 0.3) is 0 Å². The molecular formula is C26H22F2O3. The highest BCUT2D eigenvalue weighted by molar-refractivity contribution is 6.00. The van der Waals surface area contributed by atoms with Crippen LogP contribution in [0.5, 0.6) is 5.75 Å². The number of hydrogen-bond acceptors (Lipinski definition) is 3. The third-order valence-electron chi connectivity index (χ3n) is 5.69. The number of benzene rings is 3. The molecule has 0 amide bonds. The van der Waals surface area contributed by atoms with Crippen molar-refractivity contribution in [1.29, 1.82) is 0 Å². The van der Waals surface area contributed by atoms with Gasteiger partial charge in [0.1, 0.15) is 23.7 Å². The average molecular weight is 420 g/mol. The molecule has 0 saturated carbocycles. The minimum atomic E-state index is -0.476. The van der Waals surface area contributed by atoms with Crippen LogP contribution in [0.15, 0.2) is 60.7 Å². The van der Waals surface area contributed by atoms with E-state index >= 15 is 0 Å². The summed E-state index contributed by atoms with van der Waals surface area (Å²) in [6.45, 7) is 0.211. The van der Waals surface area contributed by atoms with Gasteiger partial charge < -0.3 is 4.74 Å². The molecule has 1 aliphatic carbocycles. The van der Waals surface area contributed by atoms with Gasteiger partial charge in [0, 0.05) is 23.5 Å². The Bertz CT molecular complexity index is 1120. The van der Waals surface area contributed by atoms with Crippen molar-refractivity contribution in [3.8, 4) is 5.75 Å². The minimum Gasteiger partial charge on any atom is -0.493 e. The van der Waals surface area contributed by atoms with Crippen molar-refractivity contribution in [1.82, 2.24) is 0 Å². The summed E-state index contributed by atoms with van der Waals surface area (Å²) in [5.74, 6) is -0.328. The molecule has 0 spiro atoms. The van der Waals surface area contributed by atoms with Crippen LogP contribution in [-0.4, -0.2) is 18.7 Å². The van der Waals surface area contributed by atoms with E-state index in [4.69, 9.17) is 4.74 Å². The van der Waals surface area contributed by atoms with E-state index in [9.17, 15) is 18.4 Å². The smallest absolute Gasteiger partial charge is 0.166 e. The fourth-order valence-corrected chi connectivity index (χ4v) is 4.07. The van der Waals surface area contributed by atoms with E-state index in [1.54, 1.807) is 18.2 Å². The monoisotopic (exact) mass is 420 g/mol. The molecular weight excluding hydrogens is 398 g/mol. The Labute approximate surface area is 179 Å². The molecule has 0 N–H and O–H groups in total. The summed E-state index contributed by atoms with van der Waals surface area (Å²) in [6, 6.07) is 16.1. The van der Waals surface area contributed by atoms with Gasteiger partial charge in [-0.3, -0.25) is 9.59 Å². The molecule has 158 valence electrons. The van der Waals surface area contributed by atoms with Gasteiger partial charge >= 0.3 is 0 Å². The molecule has 3 aromatic carbocycles. The molecule has 0 bridgehead atoms. The lowest BCUT2D eigenvalue weighted by Gasteiger charge is -2.24. The average Bonchev–Trinajstić information content (AvgIpc) is 2.78. The number of hydrogen-bond donors (Lipinski definition) is 0. The molecule has 0 heterocycles. The van der Waals surface area contributed by atoms with E-state index < -0.39 is 11.6 Å². The fourth-order valence-electron chi connectivity index (χ4n) is 4.07. The maximum Gasteiger partial charge on any atom is 0.166 e. The van der Waals surface area contributed by atoms with Gasteiger partial charge in [0.05, 0.1) is 6.61 Å². The van der Waals surface area contributed by atoms with E-state index in [-0.39, 0.29) is 30.3 Å². The highest BCUT2D eigenvalue weighted by Crippen LogP contribution is 2.31. The van der Waals surface area contributed by atoms with Gasteiger partial charge in [0.2, 0.25) is 0 Å². The second-order valence-corrected chi connectivity index (χ2v) is 7.82. The van der Waals surface area contributed by atoms with Crippen LogP contribution in [0.3, 0.4) is 0 Å². The predicted octanol–water partition coefficient (Wildman–Crippen LogP) is 5.39. The third kappa shape index (κ3) is 4.88. The van der Waals surface area contributed by atoms with Crippen molar-refractivity contribution in [3.63, 3.8) is 0 Å². The number of halogens is 2. The molecule has 3 nitrogen and oxygen atoms in total. The van der Waals surface area contributed by atoms with Crippen LogP contribution < -0.4 is 4.74 Å². The number of aryl methyl sites for hydroxylation is 1. The SMILES string of the molecule is O=Cc1cccc(CC2CCc3cc(OCCc4cc(F)ccc4F)ccc3C2=O)c1. The molecule has 5 heteroatoms. The van der Waals surface area contributed by atoms with Crippen molar-refractivity contribution in [3.05, 3.63) is 100 Å². The van der Waals surface area contributed by atoms with Crippen LogP contribution in [0.4, 0.5) is 8.78 Å². The van der Waals surface area contributed by atoms with Crippen molar-refractivity contribution < 1.29 is 23.1 Å². The maximum atomic E-state index is 13.7. The maximum absolute atomic E-state index is 13.7. The normalized spacial score (nSPS) is 15.4. The first-order valence-corrected chi connectivity index (χ1v) is 10.3. The molecule has 4 rings (SSSR count). The Morgan fingerprint density at radius 1 is 1.03 bits per heavy atom. The van der Waals surface area contributed by atoms with Crippen molar-refractivity contribution >= 4 is 12.1 Å². The quantitative estimate of drug-likeness (QED) is 0.482. The second kappa shape index (κ2) is 9.21. The second-order valence-electron chi connectivity index (χ2n) is 7.82. The number of Topliss-reactive ketones (excluding diaryl/α,β-unsaturated/α-hetero) is 1. The Balaban J connectivity index is 1.40. The standard InChI is InChI=1S/C26H22F2O3/c27-22-6-9-25(28)20(14-22)10-11-31-23-7-8-24-19(15-23)4-5-21(26(24)30)13-17-2-1-3-18(12-17)16-29/h1-3,6-9,12,14-16,21H,4-5,10-11,13H2. The number of aldehydes is 1. The Hall–Kier alpha value is -3.34. The lowest BCUT2D eigenvalue weighted by atomic mass is 9.79. The van der Waals surface area contributed by atoms with Crippen LogP contribution >= 0.6 is 0 Å². The third-order valence-corrected chi connectivity index (χ3v) is 5.69. The first-order chi connectivity index (χ1) is 15.0. The largest absolute Gasteiger partial charge is 0.493 e. The van der Waals surface area contributed by atoms with Crippen LogP contribution in [0, 0.1) is 17.6 Å². The summed E-state index contributed by atoms with van der Waals surface area (Å²) in [5, 5.41) is 0. The van der Waals surface area contributed by atoms with Gasteiger partial charge in [-0.15, -0.1) is 0 Å². The van der Waals surface area contributed by atoms with E-state index in [0.29, 0.717) is 23.3 Å². The molecule has 0 aromatic heterocycles. The zero-order valence-electron chi connectivity index (χ0n) is 16.9. The van der Waals surface area contributed by atoms with E-state index in [2.05, 4.69) is 0 Å². The van der Waals surface area contributed by atoms with E-state index in [0.717, 1.165) is 42.4 Å². The highest BCUT2D eigenvalue weighted by Gasteiger charge is 2.27. The topological polar surface area (TPSA) is 43.4 Å². The number of rotatable bonds is 7. The lowest BCUT2D eigenvalue weighted by molar-refractivity contribution is 0.0901. The van der Waals surface area contributed by atoms with E-state index in [1.807, 2.05) is 24.3 Å². The van der Waals surface area contributed by atoms with Crippen molar-refractivity contribution in [2.75, 3.05) is 6.61 Å². The van der Waals surface area contributed by atoms with Gasteiger partial charge in [-0.2, -0.15) is 0 Å². The van der Waals surface area contributed by atoms with Crippen molar-refractivity contribution in [2.45, 2.75) is 25.7 Å². The first kappa shape index (κ1) is 20.9. The lowest BCUT2D eigenvalue weighted by Crippen LogP contribution is -2.24. The first-order valence-electron chi connectivity index (χ1n) is 10.3. The van der Waals surface area contributed by atoms with Gasteiger partial charge in [0.15, 0.2) is 5.78 Å². The number of ketones is 1.